The Kier molecular flexibility index (Phi) is 6.07. The first-order valence-corrected chi connectivity index (χ1v) is 10.4. The molecule has 3 rings (SSSR count). The van der Waals surface area contributed by atoms with Gasteiger partial charge in [0.05, 0.1) is 18.4 Å². The molecule has 0 aliphatic rings. The molecule has 2 heterocycles. The number of methoxy groups -OCH3 is 1. The Morgan fingerprint density at radius 2 is 2.04 bits per heavy atom. The summed E-state index contributed by atoms with van der Waals surface area (Å²) in [5, 5.41) is 14.5. The third kappa shape index (κ3) is 4.06. The van der Waals surface area contributed by atoms with E-state index in [1.54, 1.807) is 7.11 Å². The number of nitrogens with one attached hydrogen (secondary N) is 1. The van der Waals surface area contributed by atoms with Gasteiger partial charge in [0, 0.05) is 22.5 Å². The van der Waals surface area contributed by atoms with Gasteiger partial charge in [-0.25, -0.2) is 4.98 Å². The normalized spacial score (nSPS) is 10.5. The van der Waals surface area contributed by atoms with E-state index < -0.39 is 0 Å². The summed E-state index contributed by atoms with van der Waals surface area (Å²) in [6.07, 6.45) is 0. The number of amides is 1. The van der Waals surface area contributed by atoms with Crippen LogP contribution in [0.5, 0.6) is 5.75 Å². The van der Waals surface area contributed by atoms with Gasteiger partial charge in [0.2, 0.25) is 5.91 Å². The molecule has 1 aromatic carbocycles. The number of hydrogen-bond acceptors (Lipinski definition) is 6. The van der Waals surface area contributed by atoms with Gasteiger partial charge in [0.1, 0.15) is 17.6 Å². The minimum atomic E-state index is -0.179. The zero-order valence-electron chi connectivity index (χ0n) is 16.1. The molecule has 0 radical (unpaired) electrons. The number of benzene rings is 1. The van der Waals surface area contributed by atoms with E-state index >= 15 is 0 Å². The van der Waals surface area contributed by atoms with E-state index in [0.717, 1.165) is 32.7 Å². The average molecular weight is 413 g/mol. The third-order valence-corrected chi connectivity index (χ3v) is 6.48. The Labute approximate surface area is 172 Å². The van der Waals surface area contributed by atoms with Gasteiger partial charge in [-0.1, -0.05) is 11.8 Å². The Hall–Kier alpha value is -2.76. The zero-order chi connectivity index (χ0) is 20.3. The largest absolute Gasteiger partial charge is 0.497 e. The Morgan fingerprint density at radius 3 is 2.61 bits per heavy atom. The standard InChI is InChI=1S/C20H20N4O2S2/c1-12-10-27-20(22-12)28-11-18(25)23-19-17(9-21)13(2)14(3)24(19)15-5-7-16(26-4)8-6-15/h5-8,10H,11H2,1-4H3,(H,23,25). The van der Waals surface area contributed by atoms with E-state index in [-0.39, 0.29) is 11.7 Å². The zero-order valence-corrected chi connectivity index (χ0v) is 17.7. The maximum atomic E-state index is 12.6. The summed E-state index contributed by atoms with van der Waals surface area (Å²) >= 11 is 2.90. The molecule has 0 unspecified atom stereocenters. The van der Waals surface area contributed by atoms with Crippen LogP contribution in [0.1, 0.15) is 22.5 Å². The summed E-state index contributed by atoms with van der Waals surface area (Å²) in [5.74, 6) is 1.28. The van der Waals surface area contributed by atoms with Gasteiger partial charge in [-0.15, -0.1) is 11.3 Å². The Balaban J connectivity index is 1.89. The van der Waals surface area contributed by atoms with Crippen LogP contribution >= 0.6 is 23.1 Å². The molecule has 1 amide bonds. The van der Waals surface area contributed by atoms with Crippen LogP contribution in [0, 0.1) is 32.1 Å². The number of thioether (sulfide) groups is 1. The molecule has 0 bridgehead atoms. The Morgan fingerprint density at radius 1 is 1.32 bits per heavy atom. The lowest BCUT2D eigenvalue weighted by Crippen LogP contribution is -2.17. The molecule has 6 nitrogen and oxygen atoms in total. The van der Waals surface area contributed by atoms with Crippen molar-refractivity contribution >= 4 is 34.8 Å². The summed E-state index contributed by atoms with van der Waals surface area (Å²) in [6.45, 7) is 5.74. The molecule has 0 spiro atoms. The quantitative estimate of drug-likeness (QED) is 0.604. The van der Waals surface area contributed by atoms with Crippen molar-refractivity contribution in [2.45, 2.75) is 25.1 Å². The molecule has 0 fully saturated rings. The highest BCUT2D eigenvalue weighted by Gasteiger charge is 2.21. The number of aryl methyl sites for hydroxylation is 1. The van der Waals surface area contributed by atoms with Crippen LogP contribution < -0.4 is 10.1 Å². The van der Waals surface area contributed by atoms with Crippen molar-refractivity contribution in [2.24, 2.45) is 0 Å². The first kappa shape index (κ1) is 20.0. The second-order valence-electron chi connectivity index (χ2n) is 6.17. The van der Waals surface area contributed by atoms with Gasteiger partial charge in [-0.3, -0.25) is 9.36 Å². The van der Waals surface area contributed by atoms with Gasteiger partial charge >= 0.3 is 0 Å². The van der Waals surface area contributed by atoms with E-state index in [0.29, 0.717) is 11.4 Å². The number of anilines is 1. The van der Waals surface area contributed by atoms with Crippen LogP contribution in [0.3, 0.4) is 0 Å². The summed E-state index contributed by atoms with van der Waals surface area (Å²) in [4.78, 5) is 16.9. The minimum absolute atomic E-state index is 0.179. The molecule has 0 aliphatic heterocycles. The van der Waals surface area contributed by atoms with Gasteiger partial charge in [0.25, 0.3) is 0 Å². The molecule has 1 N–H and O–H groups in total. The molecular formula is C20H20N4O2S2. The van der Waals surface area contributed by atoms with Crippen LogP contribution in [-0.4, -0.2) is 28.3 Å². The fraction of sp³-hybridized carbons (Fsp3) is 0.250. The first-order chi connectivity index (χ1) is 13.4. The van der Waals surface area contributed by atoms with Crippen LogP contribution in [0.15, 0.2) is 34.0 Å². The number of rotatable bonds is 6. The fourth-order valence-corrected chi connectivity index (χ4v) is 4.46. The molecule has 0 atom stereocenters. The predicted molar refractivity (Wildman–Crippen MR) is 113 cm³/mol. The van der Waals surface area contributed by atoms with Crippen molar-refractivity contribution in [3.05, 3.63) is 52.2 Å². The highest BCUT2D eigenvalue weighted by molar-refractivity contribution is 8.01. The molecule has 144 valence electrons. The van der Waals surface area contributed by atoms with Gasteiger partial charge in [-0.2, -0.15) is 5.26 Å². The molecular weight excluding hydrogens is 392 g/mol. The maximum Gasteiger partial charge on any atom is 0.235 e. The van der Waals surface area contributed by atoms with Gasteiger partial charge in [-0.05, 0) is 50.6 Å². The molecule has 8 heteroatoms. The van der Waals surface area contributed by atoms with Crippen LogP contribution in [-0.2, 0) is 4.79 Å². The topological polar surface area (TPSA) is 79.9 Å². The minimum Gasteiger partial charge on any atom is -0.497 e. The van der Waals surface area contributed by atoms with Crippen molar-refractivity contribution in [2.75, 3.05) is 18.2 Å². The summed E-state index contributed by atoms with van der Waals surface area (Å²) in [6, 6.07) is 9.72. The smallest absolute Gasteiger partial charge is 0.235 e. The van der Waals surface area contributed by atoms with Crippen molar-refractivity contribution in [3.63, 3.8) is 0 Å². The lowest BCUT2D eigenvalue weighted by Gasteiger charge is -2.13. The second-order valence-corrected chi connectivity index (χ2v) is 8.25. The van der Waals surface area contributed by atoms with E-state index in [4.69, 9.17) is 4.74 Å². The summed E-state index contributed by atoms with van der Waals surface area (Å²) < 4.78 is 7.96. The fourth-order valence-electron chi connectivity index (χ4n) is 2.81. The number of nitrogens with zero attached hydrogens (tertiary/aromatic N) is 3. The van der Waals surface area contributed by atoms with E-state index in [2.05, 4.69) is 16.4 Å². The summed E-state index contributed by atoms with van der Waals surface area (Å²) in [7, 11) is 1.61. The SMILES string of the molecule is COc1ccc(-n2c(C)c(C)c(C#N)c2NC(=O)CSc2nc(C)cs2)cc1. The first-order valence-electron chi connectivity index (χ1n) is 8.55. The van der Waals surface area contributed by atoms with Gasteiger partial charge < -0.3 is 10.1 Å². The number of aromatic nitrogens is 2. The second kappa shape index (κ2) is 8.50. The molecule has 0 saturated heterocycles. The maximum absolute atomic E-state index is 12.6. The highest BCUT2D eigenvalue weighted by Crippen LogP contribution is 2.31. The predicted octanol–water partition coefficient (Wildman–Crippen LogP) is 4.47. The van der Waals surface area contributed by atoms with E-state index in [1.165, 1.54) is 23.1 Å². The van der Waals surface area contributed by atoms with Crippen LogP contribution in [0.4, 0.5) is 5.82 Å². The van der Waals surface area contributed by atoms with Gasteiger partial charge in [0.15, 0.2) is 4.34 Å². The van der Waals surface area contributed by atoms with Crippen molar-refractivity contribution in [1.29, 1.82) is 5.26 Å². The van der Waals surface area contributed by atoms with Crippen molar-refractivity contribution in [1.82, 2.24) is 9.55 Å². The lowest BCUT2D eigenvalue weighted by molar-refractivity contribution is -0.113. The van der Waals surface area contributed by atoms with E-state index in [1.807, 2.05) is 55.0 Å². The monoisotopic (exact) mass is 412 g/mol. The molecule has 3 aromatic rings. The number of ether oxygens (including phenoxy) is 1. The number of carbonyl (C=O) groups is 1. The lowest BCUT2D eigenvalue weighted by atomic mass is 10.2. The van der Waals surface area contributed by atoms with Crippen LogP contribution in [0.25, 0.3) is 5.69 Å². The number of hydrogen-bond donors (Lipinski definition) is 1. The van der Waals surface area contributed by atoms with E-state index in [9.17, 15) is 10.1 Å². The van der Waals surface area contributed by atoms with Crippen molar-refractivity contribution < 1.29 is 9.53 Å². The average Bonchev–Trinajstić information content (AvgIpc) is 3.21. The summed E-state index contributed by atoms with van der Waals surface area (Å²) in [5.41, 5.74) is 4.01. The molecule has 2 aromatic heterocycles. The Bertz CT molecular complexity index is 1050. The number of thiazole rings is 1. The third-order valence-electron chi connectivity index (χ3n) is 4.34. The van der Waals surface area contributed by atoms with Crippen molar-refractivity contribution in [3.8, 4) is 17.5 Å². The highest BCUT2D eigenvalue weighted by atomic mass is 32.2. The molecule has 0 aliphatic carbocycles. The number of nitriles is 1. The molecule has 0 saturated carbocycles. The van der Waals surface area contributed by atoms with Crippen LogP contribution in [0.2, 0.25) is 0 Å². The number of carbonyl (C=O) groups excluding carboxylic acids is 1. The molecule has 28 heavy (non-hydrogen) atoms.